The lowest BCUT2D eigenvalue weighted by Crippen LogP contribution is -2.61. The smallest absolute Gasteiger partial charge is 0.457 e. The first-order valence-corrected chi connectivity index (χ1v) is 12.9. The predicted octanol–water partition coefficient (Wildman–Crippen LogP) is 1.01. The number of nitro groups is 1. The number of halogens is 3. The van der Waals surface area contributed by atoms with Gasteiger partial charge in [0.15, 0.2) is 18.1 Å². The second kappa shape index (κ2) is 10.8. The maximum Gasteiger partial charge on any atom is 0.619 e. The van der Waals surface area contributed by atoms with Crippen molar-refractivity contribution in [3.63, 3.8) is 0 Å². The third-order valence-electron chi connectivity index (χ3n) is 6.04. The minimum absolute atomic E-state index is 0.0125. The van der Waals surface area contributed by atoms with E-state index in [2.05, 4.69) is 0 Å². The van der Waals surface area contributed by atoms with Crippen LogP contribution in [0.15, 0.2) is 40.1 Å². The van der Waals surface area contributed by atoms with Crippen molar-refractivity contribution < 1.29 is 55.6 Å². The molecule has 0 aliphatic carbocycles. The number of benzene rings is 1. The number of aromatic amines is 1. The second-order valence-electron chi connectivity index (χ2n) is 8.99. The van der Waals surface area contributed by atoms with E-state index in [-0.39, 0.29) is 23.6 Å². The summed E-state index contributed by atoms with van der Waals surface area (Å²) in [5.41, 5.74) is -4.33. The summed E-state index contributed by atoms with van der Waals surface area (Å²) in [6, 6.07) is 4.31. The van der Waals surface area contributed by atoms with Crippen molar-refractivity contribution >= 4 is 25.7 Å². The summed E-state index contributed by atoms with van der Waals surface area (Å²) < 4.78 is 67.3. The molecule has 0 spiro atoms. The van der Waals surface area contributed by atoms with Crippen LogP contribution in [-0.2, 0) is 34.7 Å². The number of aromatic nitrogens is 2. The molecule has 1 aromatic carbocycles. The van der Waals surface area contributed by atoms with Gasteiger partial charge in [0.25, 0.3) is 11.2 Å². The third kappa shape index (κ3) is 6.23. The molecule has 2 aliphatic heterocycles. The minimum atomic E-state index is -5.40. The number of H-pyrrole nitrogens is 1. The SMILES string of the molecule is CC(=O)O[C@@H]1[C@H](CO[P+]2(O)OCc3cc([N+](=O)[O-])ccc3O2)O[C@@H](n2ccc(=O)[nH]c2=O)[C@]1(C)NC(=O)C(F)(F)F. The first-order valence-electron chi connectivity index (χ1n) is 11.4. The molecule has 3 heterocycles. The molecule has 4 rings (SSSR count). The highest BCUT2D eigenvalue weighted by molar-refractivity contribution is 7.55. The zero-order valence-electron chi connectivity index (χ0n) is 20.9. The number of ether oxygens (including phenoxy) is 2. The fourth-order valence-electron chi connectivity index (χ4n) is 4.24. The molecule has 41 heavy (non-hydrogen) atoms. The maximum absolute atomic E-state index is 13.3. The first-order chi connectivity index (χ1) is 19.0. The molecule has 20 heteroatoms. The highest BCUT2D eigenvalue weighted by Gasteiger charge is 2.61. The number of nitrogens with one attached hydrogen (secondary N) is 2. The fraction of sp³-hybridized carbons (Fsp3) is 0.429. The monoisotopic (exact) mass is 609 g/mol. The Kier molecular flexibility index (Phi) is 7.94. The Hall–Kier alpha value is -3.90. The number of esters is 1. The average molecular weight is 609 g/mol. The van der Waals surface area contributed by atoms with Gasteiger partial charge in [-0.15, -0.1) is 9.05 Å². The molecule has 1 fully saturated rings. The molecule has 3 N–H and O–H groups in total. The molecule has 1 amide bonds. The number of hydrogen-bond donors (Lipinski definition) is 3. The number of rotatable bonds is 7. The molecular weight excluding hydrogens is 588 g/mol. The van der Waals surface area contributed by atoms with E-state index in [4.69, 9.17) is 23.0 Å². The van der Waals surface area contributed by atoms with E-state index in [1.807, 2.05) is 4.98 Å². The van der Waals surface area contributed by atoms with E-state index in [0.717, 1.165) is 38.2 Å². The van der Waals surface area contributed by atoms with Crippen molar-refractivity contribution in [2.75, 3.05) is 6.61 Å². The van der Waals surface area contributed by atoms with Crippen molar-refractivity contribution in [1.29, 1.82) is 0 Å². The number of nitrogens with zero attached hydrogens (tertiary/aromatic N) is 2. The standard InChI is InChI=1S/C21H20F3N4O12P/c1-10(29)38-16-14(9-37-41(35)36-8-11-7-12(28(33)34)3-4-13(11)40-41)39-18(27-6-5-15(30)25-19(27)32)20(16,2)26-17(31)21(22,23)24/h3-7,14,16,18,35H,8-9H2,1-2H3,(H-,25,26,30,31,32)/p+1/t14-,16+,18+,20+,41?/m0/s1. The van der Waals surface area contributed by atoms with Crippen LogP contribution in [0.1, 0.15) is 25.6 Å². The van der Waals surface area contributed by atoms with E-state index in [1.54, 1.807) is 5.32 Å². The topological polar surface area (TPSA) is 211 Å². The summed E-state index contributed by atoms with van der Waals surface area (Å²) >= 11 is 0. The highest BCUT2D eigenvalue weighted by Crippen LogP contribution is 2.62. The van der Waals surface area contributed by atoms with Crippen LogP contribution in [0, 0.1) is 10.1 Å². The third-order valence-corrected chi connectivity index (χ3v) is 7.39. The van der Waals surface area contributed by atoms with Crippen LogP contribution in [0.4, 0.5) is 18.9 Å². The molecule has 0 radical (unpaired) electrons. The molecule has 16 nitrogen and oxygen atoms in total. The normalized spacial score (nSPS) is 27.4. The van der Waals surface area contributed by atoms with Gasteiger partial charge in [-0.25, -0.2) is 4.79 Å². The zero-order chi connectivity index (χ0) is 30.3. The van der Waals surface area contributed by atoms with Crippen molar-refractivity contribution in [2.45, 2.75) is 50.6 Å². The van der Waals surface area contributed by atoms with Crippen molar-refractivity contribution in [1.82, 2.24) is 14.9 Å². The van der Waals surface area contributed by atoms with Crippen LogP contribution in [0.3, 0.4) is 0 Å². The van der Waals surface area contributed by atoms with E-state index < -0.39 is 73.0 Å². The maximum atomic E-state index is 13.3. The number of nitro benzene ring substituents is 1. The zero-order valence-corrected chi connectivity index (χ0v) is 21.8. The lowest BCUT2D eigenvalue weighted by Gasteiger charge is -2.36. The van der Waals surface area contributed by atoms with Gasteiger partial charge in [-0.3, -0.25) is 38.6 Å². The van der Waals surface area contributed by atoms with Crippen molar-refractivity contribution in [3.05, 3.63) is 67.0 Å². The molecule has 2 aromatic rings. The summed E-state index contributed by atoms with van der Waals surface area (Å²) in [7, 11) is -4.23. The lowest BCUT2D eigenvalue weighted by molar-refractivity contribution is -0.385. The Labute approximate surface area is 226 Å². The molecule has 1 saturated heterocycles. The van der Waals surface area contributed by atoms with E-state index in [1.165, 1.54) is 6.07 Å². The number of amides is 1. The summed E-state index contributed by atoms with van der Waals surface area (Å²) in [6.45, 7) is 0.770. The lowest BCUT2D eigenvalue weighted by atomic mass is 9.91. The second-order valence-corrected chi connectivity index (χ2v) is 10.6. The predicted molar refractivity (Wildman–Crippen MR) is 127 cm³/mol. The number of non-ortho nitro benzene ring substituents is 1. The van der Waals surface area contributed by atoms with Gasteiger partial charge in [-0.1, -0.05) is 0 Å². The van der Waals surface area contributed by atoms with Gasteiger partial charge in [0.05, 0.1) is 4.92 Å². The summed E-state index contributed by atoms with van der Waals surface area (Å²) in [6.07, 6.45) is -9.64. The Morgan fingerprint density at radius 3 is 2.66 bits per heavy atom. The Balaban J connectivity index is 1.65. The number of carbonyl (C=O) groups excluding carboxylic acids is 2. The molecule has 5 atom stereocenters. The van der Waals surface area contributed by atoms with Crippen LogP contribution in [0.5, 0.6) is 5.75 Å². The van der Waals surface area contributed by atoms with E-state index in [9.17, 15) is 47.4 Å². The van der Waals surface area contributed by atoms with Crippen molar-refractivity contribution in [3.8, 4) is 5.75 Å². The largest absolute Gasteiger partial charge is 0.619 e. The Bertz CT molecular complexity index is 1500. The van der Waals surface area contributed by atoms with Gasteiger partial charge in [-0.2, -0.15) is 18.1 Å². The van der Waals surface area contributed by atoms with Gasteiger partial charge < -0.3 is 14.8 Å². The highest BCUT2D eigenvalue weighted by atomic mass is 31.2. The van der Waals surface area contributed by atoms with Gasteiger partial charge in [0.2, 0.25) is 0 Å². The number of hydrogen-bond acceptors (Lipinski definition) is 12. The molecule has 222 valence electrons. The van der Waals surface area contributed by atoms with E-state index >= 15 is 0 Å². The Morgan fingerprint density at radius 2 is 2.05 bits per heavy atom. The van der Waals surface area contributed by atoms with E-state index in [0.29, 0.717) is 4.57 Å². The molecule has 0 bridgehead atoms. The number of fused-ring (bicyclic) bond motifs is 1. The first kappa shape index (κ1) is 30.1. The Morgan fingerprint density at radius 1 is 1.34 bits per heavy atom. The van der Waals surface area contributed by atoms with Crippen LogP contribution in [0.2, 0.25) is 0 Å². The minimum Gasteiger partial charge on any atom is -0.457 e. The molecular formula is C21H21F3N4O12P+. The molecule has 1 unspecified atom stereocenters. The van der Waals surface area contributed by atoms with Crippen LogP contribution in [0.25, 0.3) is 0 Å². The molecule has 2 aliphatic rings. The average Bonchev–Trinajstić information content (AvgIpc) is 3.12. The van der Waals surface area contributed by atoms with Gasteiger partial charge >= 0.3 is 31.9 Å². The summed E-state index contributed by atoms with van der Waals surface area (Å²) in [4.78, 5) is 71.0. The van der Waals surface area contributed by atoms with Gasteiger partial charge in [-0.05, 0) is 13.0 Å². The number of alkyl halides is 3. The van der Waals surface area contributed by atoms with Crippen LogP contribution >= 0.6 is 8.17 Å². The summed E-state index contributed by atoms with van der Waals surface area (Å²) in [5.74, 6) is -3.48. The molecule has 1 aromatic heterocycles. The van der Waals surface area contributed by atoms with Gasteiger partial charge in [0, 0.05) is 36.9 Å². The molecule has 0 saturated carbocycles. The van der Waals surface area contributed by atoms with Crippen molar-refractivity contribution in [2.24, 2.45) is 0 Å². The van der Waals surface area contributed by atoms with Crippen LogP contribution in [-0.4, -0.2) is 61.8 Å². The van der Waals surface area contributed by atoms with Crippen LogP contribution < -0.4 is 21.1 Å². The quantitative estimate of drug-likeness (QED) is 0.174. The fourth-order valence-corrected chi connectivity index (χ4v) is 5.48. The number of carbonyl (C=O) groups is 2. The van der Waals surface area contributed by atoms with Gasteiger partial charge in [0.1, 0.15) is 24.9 Å². The summed E-state index contributed by atoms with van der Waals surface area (Å²) in [5, 5.41) is 12.7.